The number of aryl methyl sites for hydroxylation is 1. The number of carbonyl (C=O) groups is 2. The second-order valence-electron chi connectivity index (χ2n) is 5.23. The number of hydrogen-bond donors (Lipinski definition) is 1. The molecule has 0 saturated heterocycles. The van der Waals surface area contributed by atoms with Crippen molar-refractivity contribution in [3.05, 3.63) is 29.3 Å². The van der Waals surface area contributed by atoms with Crippen LogP contribution in [-0.4, -0.2) is 19.0 Å². The van der Waals surface area contributed by atoms with E-state index >= 15 is 0 Å². The summed E-state index contributed by atoms with van der Waals surface area (Å²) < 4.78 is 4.74. The molecular weight excluding hydrogens is 242 g/mol. The maximum Gasteiger partial charge on any atom is 0.339 e. The highest BCUT2D eigenvalue weighted by atomic mass is 16.5. The molecule has 1 aromatic carbocycles. The highest BCUT2D eigenvalue weighted by molar-refractivity contribution is 6.02. The van der Waals surface area contributed by atoms with E-state index in [4.69, 9.17) is 4.74 Å². The van der Waals surface area contributed by atoms with Crippen LogP contribution in [0.2, 0.25) is 0 Å². The van der Waals surface area contributed by atoms with E-state index in [1.165, 1.54) is 7.11 Å². The maximum atomic E-state index is 12.2. The lowest BCUT2D eigenvalue weighted by Crippen LogP contribution is -2.30. The third kappa shape index (κ3) is 3.56. The molecular formula is C15H21NO3. The summed E-state index contributed by atoms with van der Waals surface area (Å²) in [5.41, 5.74) is 1.33. The van der Waals surface area contributed by atoms with Gasteiger partial charge in [0.2, 0.25) is 5.91 Å². The van der Waals surface area contributed by atoms with E-state index in [1.54, 1.807) is 12.1 Å². The van der Waals surface area contributed by atoms with Crippen molar-refractivity contribution < 1.29 is 14.3 Å². The van der Waals surface area contributed by atoms with Crippen molar-refractivity contribution in [2.45, 2.75) is 34.1 Å². The van der Waals surface area contributed by atoms with E-state index in [-0.39, 0.29) is 5.91 Å². The van der Waals surface area contributed by atoms with Crippen molar-refractivity contribution in [2.75, 3.05) is 12.4 Å². The summed E-state index contributed by atoms with van der Waals surface area (Å²) in [6.45, 7) is 7.58. The molecule has 0 aromatic heterocycles. The first-order valence-corrected chi connectivity index (χ1v) is 6.32. The van der Waals surface area contributed by atoms with Gasteiger partial charge in [0.15, 0.2) is 0 Å². The zero-order valence-electron chi connectivity index (χ0n) is 12.2. The van der Waals surface area contributed by atoms with Gasteiger partial charge in [-0.2, -0.15) is 0 Å². The molecule has 0 radical (unpaired) electrons. The summed E-state index contributed by atoms with van der Waals surface area (Å²) in [5, 5.41) is 2.80. The van der Waals surface area contributed by atoms with Gasteiger partial charge in [0.1, 0.15) is 0 Å². The molecule has 19 heavy (non-hydrogen) atoms. The minimum atomic E-state index is -0.474. The molecule has 0 bridgehead atoms. The van der Waals surface area contributed by atoms with Crippen molar-refractivity contribution in [2.24, 2.45) is 5.41 Å². The topological polar surface area (TPSA) is 55.4 Å². The Morgan fingerprint density at radius 1 is 1.32 bits per heavy atom. The first-order chi connectivity index (χ1) is 8.81. The summed E-state index contributed by atoms with van der Waals surface area (Å²) >= 11 is 0. The normalized spacial score (nSPS) is 11.0. The Morgan fingerprint density at radius 2 is 1.95 bits per heavy atom. The molecule has 0 atom stereocenters. The molecule has 0 saturated carbocycles. The van der Waals surface area contributed by atoms with E-state index in [9.17, 15) is 9.59 Å². The number of benzene rings is 1. The SMILES string of the molecule is CCC(C)(C)C(=O)Nc1ccc(C)cc1C(=O)OC. The van der Waals surface area contributed by atoms with Gasteiger partial charge in [-0.25, -0.2) is 4.79 Å². The summed E-state index contributed by atoms with van der Waals surface area (Å²) in [7, 11) is 1.33. The van der Waals surface area contributed by atoms with Crippen molar-refractivity contribution >= 4 is 17.6 Å². The molecule has 1 N–H and O–H groups in total. The summed E-state index contributed by atoms with van der Waals surface area (Å²) in [6.07, 6.45) is 0.720. The average Bonchev–Trinajstić information content (AvgIpc) is 2.39. The van der Waals surface area contributed by atoms with Crippen LogP contribution in [0.15, 0.2) is 18.2 Å². The number of nitrogens with one attached hydrogen (secondary N) is 1. The van der Waals surface area contributed by atoms with Gasteiger partial charge in [0, 0.05) is 5.41 Å². The van der Waals surface area contributed by atoms with Crippen molar-refractivity contribution in [3.8, 4) is 0 Å². The Morgan fingerprint density at radius 3 is 2.47 bits per heavy atom. The van der Waals surface area contributed by atoms with Gasteiger partial charge < -0.3 is 10.1 Å². The number of esters is 1. The quantitative estimate of drug-likeness (QED) is 0.849. The summed E-state index contributed by atoms with van der Waals surface area (Å²) in [5.74, 6) is -0.558. The number of methoxy groups -OCH3 is 1. The monoisotopic (exact) mass is 263 g/mol. The van der Waals surface area contributed by atoms with Crippen molar-refractivity contribution in [3.63, 3.8) is 0 Å². The number of amides is 1. The van der Waals surface area contributed by atoms with Crippen LogP contribution in [0.1, 0.15) is 43.1 Å². The Bertz CT molecular complexity index is 492. The van der Waals surface area contributed by atoms with Gasteiger partial charge in [-0.15, -0.1) is 0 Å². The molecule has 0 aliphatic carbocycles. The second kappa shape index (κ2) is 5.87. The molecule has 0 fully saturated rings. The maximum absolute atomic E-state index is 12.2. The molecule has 0 heterocycles. The van der Waals surface area contributed by atoms with Crippen LogP contribution >= 0.6 is 0 Å². The van der Waals surface area contributed by atoms with Crippen LogP contribution in [-0.2, 0) is 9.53 Å². The summed E-state index contributed by atoms with van der Waals surface area (Å²) in [6, 6.07) is 5.28. The van der Waals surface area contributed by atoms with Gasteiger partial charge in [0.05, 0.1) is 18.4 Å². The number of ether oxygens (including phenoxy) is 1. The van der Waals surface area contributed by atoms with E-state index in [2.05, 4.69) is 5.32 Å². The van der Waals surface area contributed by atoms with Crippen LogP contribution in [0.5, 0.6) is 0 Å². The molecule has 4 heteroatoms. The van der Waals surface area contributed by atoms with Crippen LogP contribution in [0.4, 0.5) is 5.69 Å². The number of hydrogen-bond acceptors (Lipinski definition) is 3. The lowest BCUT2D eigenvalue weighted by Gasteiger charge is -2.22. The lowest BCUT2D eigenvalue weighted by atomic mass is 9.89. The molecule has 0 aliphatic heterocycles. The van der Waals surface area contributed by atoms with Gasteiger partial charge in [0.25, 0.3) is 0 Å². The van der Waals surface area contributed by atoms with Crippen LogP contribution < -0.4 is 5.32 Å². The Kier molecular flexibility index (Phi) is 4.70. The number of rotatable bonds is 4. The minimum absolute atomic E-state index is 0.107. The van der Waals surface area contributed by atoms with Gasteiger partial charge in [-0.1, -0.05) is 32.4 Å². The first-order valence-electron chi connectivity index (χ1n) is 6.32. The average molecular weight is 263 g/mol. The number of anilines is 1. The lowest BCUT2D eigenvalue weighted by molar-refractivity contribution is -0.124. The standard InChI is InChI=1S/C15H21NO3/c1-6-15(3,4)14(18)16-12-8-7-10(2)9-11(12)13(17)19-5/h7-9H,6H2,1-5H3,(H,16,18). The van der Waals surface area contributed by atoms with Gasteiger partial charge >= 0.3 is 5.97 Å². The Hall–Kier alpha value is -1.84. The predicted molar refractivity (Wildman–Crippen MR) is 75.2 cm³/mol. The molecule has 104 valence electrons. The van der Waals surface area contributed by atoms with Gasteiger partial charge in [-0.3, -0.25) is 4.79 Å². The van der Waals surface area contributed by atoms with E-state index in [1.807, 2.05) is 33.8 Å². The van der Waals surface area contributed by atoms with Crippen molar-refractivity contribution in [1.82, 2.24) is 0 Å². The van der Waals surface area contributed by atoms with Crippen molar-refractivity contribution in [1.29, 1.82) is 0 Å². The van der Waals surface area contributed by atoms with E-state index in [0.717, 1.165) is 12.0 Å². The zero-order valence-corrected chi connectivity index (χ0v) is 12.2. The molecule has 1 amide bonds. The third-order valence-electron chi connectivity index (χ3n) is 3.33. The Balaban J connectivity index is 3.08. The molecule has 1 aromatic rings. The molecule has 0 unspecified atom stereocenters. The predicted octanol–water partition coefficient (Wildman–Crippen LogP) is 3.16. The highest BCUT2D eigenvalue weighted by Gasteiger charge is 2.26. The van der Waals surface area contributed by atoms with Crippen LogP contribution in [0.3, 0.4) is 0 Å². The van der Waals surface area contributed by atoms with Crippen LogP contribution in [0, 0.1) is 12.3 Å². The summed E-state index contributed by atoms with van der Waals surface area (Å²) in [4.78, 5) is 23.9. The van der Waals surface area contributed by atoms with Crippen LogP contribution in [0.25, 0.3) is 0 Å². The fraction of sp³-hybridized carbons (Fsp3) is 0.467. The fourth-order valence-electron chi connectivity index (χ4n) is 1.50. The molecule has 0 aliphatic rings. The largest absolute Gasteiger partial charge is 0.465 e. The molecule has 1 rings (SSSR count). The highest BCUT2D eigenvalue weighted by Crippen LogP contribution is 2.25. The third-order valence-corrected chi connectivity index (χ3v) is 3.33. The molecule has 4 nitrogen and oxygen atoms in total. The van der Waals surface area contributed by atoms with E-state index < -0.39 is 11.4 Å². The van der Waals surface area contributed by atoms with E-state index in [0.29, 0.717) is 11.3 Å². The first kappa shape index (κ1) is 15.2. The fourth-order valence-corrected chi connectivity index (χ4v) is 1.50. The Labute approximate surface area is 114 Å². The zero-order chi connectivity index (χ0) is 14.6. The van der Waals surface area contributed by atoms with Gasteiger partial charge in [-0.05, 0) is 25.5 Å². The second-order valence-corrected chi connectivity index (χ2v) is 5.23. The molecule has 0 spiro atoms. The minimum Gasteiger partial charge on any atom is -0.465 e. The smallest absolute Gasteiger partial charge is 0.339 e. The number of carbonyl (C=O) groups excluding carboxylic acids is 2.